The van der Waals surface area contributed by atoms with Gasteiger partial charge in [0.1, 0.15) is 5.75 Å². The van der Waals surface area contributed by atoms with Gasteiger partial charge in [-0.3, -0.25) is 4.79 Å². The summed E-state index contributed by atoms with van der Waals surface area (Å²) in [5.41, 5.74) is 0.587. The van der Waals surface area contributed by atoms with Crippen molar-refractivity contribution >= 4 is 16.0 Å². The zero-order valence-corrected chi connectivity index (χ0v) is 13.8. The number of carbonyl (C=O) groups is 1. The number of nitrogens with zero attached hydrogens (tertiary/aromatic N) is 1. The third-order valence-electron chi connectivity index (χ3n) is 4.22. The quantitative estimate of drug-likeness (QED) is 0.913. The predicted molar refractivity (Wildman–Crippen MR) is 81.4 cm³/mol. The molecular formula is C15H21NO5S. The van der Waals surface area contributed by atoms with Crippen LogP contribution >= 0.6 is 0 Å². The van der Waals surface area contributed by atoms with E-state index in [1.807, 2.05) is 0 Å². The molecule has 0 amide bonds. The topological polar surface area (TPSA) is 83.9 Å². The molecule has 7 heteroatoms. The van der Waals surface area contributed by atoms with Gasteiger partial charge in [-0.05, 0) is 50.5 Å². The van der Waals surface area contributed by atoms with Crippen molar-refractivity contribution in [3.63, 3.8) is 0 Å². The van der Waals surface area contributed by atoms with Crippen LogP contribution in [-0.4, -0.2) is 43.5 Å². The normalized spacial score (nSPS) is 23.2. The van der Waals surface area contributed by atoms with Crippen LogP contribution in [0.4, 0.5) is 0 Å². The van der Waals surface area contributed by atoms with E-state index in [1.54, 1.807) is 26.0 Å². The van der Waals surface area contributed by atoms with E-state index in [0.29, 0.717) is 30.7 Å². The van der Waals surface area contributed by atoms with Crippen LogP contribution in [0.2, 0.25) is 0 Å². The maximum atomic E-state index is 12.9. The molecule has 1 saturated heterocycles. The van der Waals surface area contributed by atoms with Crippen molar-refractivity contribution in [2.24, 2.45) is 5.92 Å². The Bertz CT molecular complexity index is 671. The maximum Gasteiger partial charge on any atom is 0.308 e. The second-order valence-electron chi connectivity index (χ2n) is 5.57. The zero-order chi connectivity index (χ0) is 16.5. The number of benzene rings is 1. The Kier molecular flexibility index (Phi) is 4.77. The summed E-state index contributed by atoms with van der Waals surface area (Å²) in [4.78, 5) is 11.5. The highest BCUT2D eigenvalue weighted by atomic mass is 32.2. The average molecular weight is 327 g/mol. The third-order valence-corrected chi connectivity index (χ3v) is 6.36. The monoisotopic (exact) mass is 327 g/mol. The SMILES string of the molecule is COc1ccc(S(=O)(=O)N2CCC[C@H](C(=O)O)[C@@H]2C)c(C)c1. The Morgan fingerprint density at radius 1 is 1.41 bits per heavy atom. The molecule has 0 spiro atoms. The van der Waals surface area contributed by atoms with E-state index in [0.717, 1.165) is 0 Å². The summed E-state index contributed by atoms with van der Waals surface area (Å²) in [6, 6.07) is 4.22. The number of ether oxygens (including phenoxy) is 1. The van der Waals surface area contributed by atoms with E-state index in [1.165, 1.54) is 17.5 Å². The predicted octanol–water partition coefficient (Wildman–Crippen LogP) is 1.88. The van der Waals surface area contributed by atoms with Crippen LogP contribution < -0.4 is 4.74 Å². The molecule has 1 aliphatic rings. The molecule has 0 aromatic heterocycles. The molecule has 0 radical (unpaired) electrons. The van der Waals surface area contributed by atoms with Crippen molar-refractivity contribution < 1.29 is 23.1 Å². The van der Waals surface area contributed by atoms with E-state index in [9.17, 15) is 18.3 Å². The second-order valence-corrected chi connectivity index (χ2v) is 7.43. The van der Waals surface area contributed by atoms with E-state index in [-0.39, 0.29) is 4.90 Å². The van der Waals surface area contributed by atoms with Crippen molar-refractivity contribution in [2.45, 2.75) is 37.6 Å². The summed E-state index contributed by atoms with van der Waals surface area (Å²) in [5.74, 6) is -1.02. The van der Waals surface area contributed by atoms with Gasteiger partial charge in [0.15, 0.2) is 0 Å². The number of hydrogen-bond acceptors (Lipinski definition) is 4. The molecule has 1 heterocycles. The second kappa shape index (κ2) is 6.26. The van der Waals surface area contributed by atoms with Crippen LogP contribution in [-0.2, 0) is 14.8 Å². The number of carboxylic acids is 1. The highest BCUT2D eigenvalue weighted by Crippen LogP contribution is 2.31. The molecule has 2 atom stereocenters. The van der Waals surface area contributed by atoms with Crippen molar-refractivity contribution in [1.82, 2.24) is 4.31 Å². The Morgan fingerprint density at radius 2 is 2.09 bits per heavy atom. The molecule has 1 aromatic rings. The number of rotatable bonds is 4. The standard InChI is InChI=1S/C15H21NO5S/c1-10-9-12(21-3)6-7-14(10)22(19,20)16-8-4-5-13(11(16)2)15(17)18/h6-7,9,11,13H,4-5,8H2,1-3H3,(H,17,18)/t11-,13-/m0/s1. The minimum Gasteiger partial charge on any atom is -0.497 e. The van der Waals surface area contributed by atoms with E-state index in [4.69, 9.17) is 4.74 Å². The molecule has 0 bridgehead atoms. The fraction of sp³-hybridized carbons (Fsp3) is 0.533. The summed E-state index contributed by atoms with van der Waals surface area (Å²) in [6.45, 7) is 3.71. The van der Waals surface area contributed by atoms with Crippen molar-refractivity contribution in [1.29, 1.82) is 0 Å². The fourth-order valence-electron chi connectivity index (χ4n) is 2.95. The van der Waals surface area contributed by atoms with Gasteiger partial charge >= 0.3 is 5.97 Å². The van der Waals surface area contributed by atoms with Crippen molar-refractivity contribution in [2.75, 3.05) is 13.7 Å². The molecule has 22 heavy (non-hydrogen) atoms. The van der Waals surface area contributed by atoms with Crippen molar-refractivity contribution in [3.05, 3.63) is 23.8 Å². The van der Waals surface area contributed by atoms with E-state index >= 15 is 0 Å². The number of carboxylic acid groups (broad SMARTS) is 1. The molecule has 1 fully saturated rings. The fourth-order valence-corrected chi connectivity index (χ4v) is 4.86. The number of piperidine rings is 1. The number of sulfonamides is 1. The van der Waals surface area contributed by atoms with Gasteiger partial charge in [0, 0.05) is 12.6 Å². The molecule has 122 valence electrons. The Balaban J connectivity index is 2.39. The molecule has 0 aliphatic carbocycles. The van der Waals surface area contributed by atoms with Gasteiger partial charge in [-0.15, -0.1) is 0 Å². The maximum absolute atomic E-state index is 12.9. The van der Waals surface area contributed by atoms with Crippen LogP contribution in [0.3, 0.4) is 0 Å². The summed E-state index contributed by atoms with van der Waals surface area (Å²) in [7, 11) is -2.20. The first-order valence-corrected chi connectivity index (χ1v) is 8.62. The average Bonchev–Trinajstić information content (AvgIpc) is 2.46. The van der Waals surface area contributed by atoms with Gasteiger partial charge in [0.05, 0.1) is 17.9 Å². The lowest BCUT2D eigenvalue weighted by Crippen LogP contribution is -2.49. The lowest BCUT2D eigenvalue weighted by atomic mass is 9.92. The van der Waals surface area contributed by atoms with Crippen LogP contribution in [0.25, 0.3) is 0 Å². The Hall–Kier alpha value is -1.60. The van der Waals surface area contributed by atoms with Gasteiger partial charge in [-0.25, -0.2) is 8.42 Å². The lowest BCUT2D eigenvalue weighted by molar-refractivity contribution is -0.144. The molecule has 1 aliphatic heterocycles. The molecule has 0 saturated carbocycles. The molecule has 1 aromatic carbocycles. The van der Waals surface area contributed by atoms with Crippen LogP contribution in [0, 0.1) is 12.8 Å². The highest BCUT2D eigenvalue weighted by molar-refractivity contribution is 7.89. The first-order chi connectivity index (χ1) is 10.3. The van der Waals surface area contributed by atoms with Crippen LogP contribution in [0.15, 0.2) is 23.1 Å². The van der Waals surface area contributed by atoms with Crippen molar-refractivity contribution in [3.8, 4) is 5.75 Å². The number of aliphatic carboxylic acids is 1. The first-order valence-electron chi connectivity index (χ1n) is 7.18. The summed E-state index contributed by atoms with van der Waals surface area (Å²) in [6.07, 6.45) is 1.06. The lowest BCUT2D eigenvalue weighted by Gasteiger charge is -2.36. The minimum atomic E-state index is -3.72. The summed E-state index contributed by atoms with van der Waals surface area (Å²) >= 11 is 0. The molecule has 1 N–H and O–H groups in total. The molecule has 2 rings (SSSR count). The van der Waals surface area contributed by atoms with Gasteiger partial charge in [-0.1, -0.05) is 0 Å². The third kappa shape index (κ3) is 2.96. The molecular weight excluding hydrogens is 306 g/mol. The van der Waals surface area contributed by atoms with Gasteiger partial charge in [-0.2, -0.15) is 4.31 Å². The highest BCUT2D eigenvalue weighted by Gasteiger charge is 2.39. The molecule has 6 nitrogen and oxygen atoms in total. The summed E-state index contributed by atoms with van der Waals surface area (Å²) in [5, 5.41) is 9.25. The van der Waals surface area contributed by atoms with E-state index < -0.39 is 28.0 Å². The number of methoxy groups -OCH3 is 1. The largest absolute Gasteiger partial charge is 0.497 e. The number of aryl methyl sites for hydroxylation is 1. The Labute approximate surface area is 130 Å². The van der Waals surface area contributed by atoms with Crippen LogP contribution in [0.5, 0.6) is 5.75 Å². The first kappa shape index (κ1) is 16.8. The molecule has 0 unspecified atom stereocenters. The minimum absolute atomic E-state index is 0.200. The smallest absolute Gasteiger partial charge is 0.308 e. The van der Waals surface area contributed by atoms with Gasteiger partial charge in [0.25, 0.3) is 0 Å². The van der Waals surface area contributed by atoms with Gasteiger partial charge < -0.3 is 9.84 Å². The van der Waals surface area contributed by atoms with E-state index in [2.05, 4.69) is 0 Å². The zero-order valence-electron chi connectivity index (χ0n) is 12.9. The Morgan fingerprint density at radius 3 is 2.64 bits per heavy atom. The number of hydrogen-bond donors (Lipinski definition) is 1. The van der Waals surface area contributed by atoms with Crippen LogP contribution in [0.1, 0.15) is 25.3 Å². The van der Waals surface area contributed by atoms with Gasteiger partial charge in [0.2, 0.25) is 10.0 Å². The summed E-state index contributed by atoms with van der Waals surface area (Å²) < 4.78 is 32.2.